The topological polar surface area (TPSA) is 25.8 Å². The fourth-order valence-electron chi connectivity index (χ4n) is 0.444. The molecule has 5 heteroatoms. The molecule has 2 nitrogen and oxygen atoms in total. The molecule has 0 atom stereocenters. The first-order chi connectivity index (χ1) is 4.74. The Balaban J connectivity index is 3.04. The van der Waals surface area contributed by atoms with Crippen LogP contribution >= 0.6 is 39.1 Å². The average Bonchev–Trinajstić information content (AvgIpc) is 1.95. The van der Waals surface area contributed by atoms with Gasteiger partial charge < -0.3 is 0 Å². The molecule has 54 valence electrons. The van der Waals surface area contributed by atoms with Gasteiger partial charge >= 0.3 is 0 Å². The van der Waals surface area contributed by atoms with Gasteiger partial charge in [0.25, 0.3) is 0 Å². The van der Waals surface area contributed by atoms with Crippen molar-refractivity contribution < 1.29 is 0 Å². The number of halogens is 3. The van der Waals surface area contributed by atoms with Crippen molar-refractivity contribution >= 4 is 39.1 Å². The molecule has 0 spiro atoms. The zero-order chi connectivity index (χ0) is 7.56. The predicted octanol–water partition coefficient (Wildman–Crippen LogP) is 2.63. The van der Waals surface area contributed by atoms with Crippen molar-refractivity contribution in [2.75, 3.05) is 0 Å². The minimum atomic E-state index is 0.285. The minimum absolute atomic E-state index is 0.285. The fraction of sp³-hybridized carbons (Fsp3) is 0.200. The van der Waals surface area contributed by atoms with Gasteiger partial charge in [-0.15, -0.1) is 11.6 Å². The Hall–Kier alpha value is 0.140. The van der Waals surface area contributed by atoms with Crippen LogP contribution < -0.4 is 0 Å². The Morgan fingerprint density at radius 2 is 2.30 bits per heavy atom. The van der Waals surface area contributed by atoms with Gasteiger partial charge in [0, 0.05) is 6.20 Å². The summed E-state index contributed by atoms with van der Waals surface area (Å²) in [7, 11) is 0. The Morgan fingerprint density at radius 1 is 1.60 bits per heavy atom. The molecule has 1 aromatic rings. The van der Waals surface area contributed by atoms with Gasteiger partial charge in [0.2, 0.25) is 0 Å². The van der Waals surface area contributed by atoms with Crippen LogP contribution in [0.1, 0.15) is 5.82 Å². The van der Waals surface area contributed by atoms with Crippen LogP contribution in [0.3, 0.4) is 0 Å². The van der Waals surface area contributed by atoms with E-state index in [1.54, 1.807) is 6.20 Å². The normalized spacial score (nSPS) is 9.90. The van der Waals surface area contributed by atoms with Gasteiger partial charge in [-0.3, -0.25) is 0 Å². The van der Waals surface area contributed by atoms with Crippen LogP contribution in [0.5, 0.6) is 0 Å². The van der Waals surface area contributed by atoms with E-state index in [4.69, 9.17) is 23.2 Å². The lowest BCUT2D eigenvalue weighted by Gasteiger charge is -1.95. The second-order valence-corrected chi connectivity index (χ2v) is 3.04. The third-order valence-electron chi connectivity index (χ3n) is 0.871. The van der Waals surface area contributed by atoms with E-state index in [1.165, 1.54) is 0 Å². The van der Waals surface area contributed by atoms with E-state index in [0.29, 0.717) is 15.5 Å². The number of hydrogen-bond acceptors (Lipinski definition) is 2. The minimum Gasteiger partial charge on any atom is -0.239 e. The lowest BCUT2D eigenvalue weighted by molar-refractivity contribution is 1.02. The highest BCUT2D eigenvalue weighted by Gasteiger charge is 1.99. The lowest BCUT2D eigenvalue weighted by atomic mass is 10.6. The van der Waals surface area contributed by atoms with E-state index in [1.807, 2.05) is 0 Å². The molecule has 1 heterocycles. The molecule has 0 amide bonds. The zero-order valence-electron chi connectivity index (χ0n) is 4.81. The number of aromatic nitrogens is 2. The van der Waals surface area contributed by atoms with Gasteiger partial charge in [0.05, 0.1) is 10.4 Å². The quantitative estimate of drug-likeness (QED) is 0.558. The first-order valence-corrected chi connectivity index (χ1v) is 4.17. The van der Waals surface area contributed by atoms with E-state index in [2.05, 4.69) is 25.9 Å². The van der Waals surface area contributed by atoms with Crippen molar-refractivity contribution in [3.63, 3.8) is 0 Å². The molecule has 0 saturated heterocycles. The number of rotatable bonds is 1. The van der Waals surface area contributed by atoms with Gasteiger partial charge in [0.15, 0.2) is 0 Å². The molecular formula is C5H3BrCl2N2. The molecule has 0 fully saturated rings. The molecule has 0 saturated carbocycles. The number of nitrogens with zero attached hydrogens (tertiary/aromatic N) is 2. The summed E-state index contributed by atoms with van der Waals surface area (Å²) in [4.78, 5) is 7.75. The maximum Gasteiger partial charge on any atom is 0.146 e. The first kappa shape index (κ1) is 8.24. The van der Waals surface area contributed by atoms with Crippen LogP contribution in [0.2, 0.25) is 5.15 Å². The Bertz CT molecular complexity index is 241. The standard InChI is InChI=1S/C5H3BrCl2N2/c6-3-2-9-4(1-7)10-5(3)8/h2H,1H2. The SMILES string of the molecule is ClCc1ncc(Br)c(Cl)n1. The van der Waals surface area contributed by atoms with Gasteiger partial charge in [-0.2, -0.15) is 0 Å². The third-order valence-corrected chi connectivity index (χ3v) is 2.21. The van der Waals surface area contributed by atoms with E-state index >= 15 is 0 Å². The molecule has 0 aliphatic carbocycles. The van der Waals surface area contributed by atoms with Crippen molar-refractivity contribution in [2.45, 2.75) is 5.88 Å². The van der Waals surface area contributed by atoms with Crippen LogP contribution in [0, 0.1) is 0 Å². The molecule has 10 heavy (non-hydrogen) atoms. The Morgan fingerprint density at radius 3 is 2.80 bits per heavy atom. The summed E-state index contributed by atoms with van der Waals surface area (Å²) in [5, 5.41) is 0.394. The van der Waals surface area contributed by atoms with Gasteiger partial charge in [-0.05, 0) is 15.9 Å². The molecule has 0 aliphatic rings. The third kappa shape index (κ3) is 1.81. The summed E-state index contributed by atoms with van der Waals surface area (Å²) in [5.74, 6) is 0.822. The monoisotopic (exact) mass is 240 g/mol. The number of hydrogen-bond donors (Lipinski definition) is 0. The maximum absolute atomic E-state index is 5.64. The summed E-state index contributed by atoms with van der Waals surface area (Å²) in [6, 6.07) is 0. The predicted molar refractivity (Wildman–Crippen MR) is 44.3 cm³/mol. The number of alkyl halides is 1. The second-order valence-electron chi connectivity index (χ2n) is 1.56. The van der Waals surface area contributed by atoms with Gasteiger partial charge in [-0.25, -0.2) is 9.97 Å². The molecule has 0 aliphatic heterocycles. The summed E-state index contributed by atoms with van der Waals surface area (Å²) >= 11 is 14.2. The highest BCUT2D eigenvalue weighted by Crippen LogP contribution is 2.18. The van der Waals surface area contributed by atoms with E-state index < -0.39 is 0 Å². The van der Waals surface area contributed by atoms with Gasteiger partial charge in [0.1, 0.15) is 11.0 Å². The second kappa shape index (κ2) is 3.51. The first-order valence-electron chi connectivity index (χ1n) is 2.47. The molecule has 0 radical (unpaired) electrons. The largest absolute Gasteiger partial charge is 0.239 e. The van der Waals surface area contributed by atoms with Crippen LogP contribution in [0.25, 0.3) is 0 Å². The Labute approximate surface area is 76.7 Å². The molecule has 1 aromatic heterocycles. The summed E-state index contributed by atoms with van der Waals surface area (Å²) in [5.41, 5.74) is 0. The van der Waals surface area contributed by atoms with Crippen LogP contribution in [0.4, 0.5) is 0 Å². The summed E-state index contributed by atoms with van der Waals surface area (Å²) in [6.07, 6.45) is 1.58. The zero-order valence-corrected chi connectivity index (χ0v) is 7.91. The molecule has 0 aromatic carbocycles. The molecular weight excluding hydrogens is 239 g/mol. The van der Waals surface area contributed by atoms with E-state index in [-0.39, 0.29) is 5.88 Å². The van der Waals surface area contributed by atoms with Crippen molar-refractivity contribution in [3.8, 4) is 0 Å². The van der Waals surface area contributed by atoms with E-state index in [9.17, 15) is 0 Å². The lowest BCUT2D eigenvalue weighted by Crippen LogP contribution is -1.90. The average molecular weight is 242 g/mol. The van der Waals surface area contributed by atoms with Gasteiger partial charge in [-0.1, -0.05) is 11.6 Å². The van der Waals surface area contributed by atoms with Crippen LogP contribution in [0.15, 0.2) is 10.7 Å². The fourth-order valence-corrected chi connectivity index (χ4v) is 0.911. The van der Waals surface area contributed by atoms with E-state index in [0.717, 1.165) is 0 Å². The smallest absolute Gasteiger partial charge is 0.146 e. The van der Waals surface area contributed by atoms with Crippen LogP contribution in [-0.2, 0) is 5.88 Å². The molecule has 0 unspecified atom stereocenters. The summed E-state index contributed by atoms with van der Waals surface area (Å²) < 4.78 is 0.683. The molecule has 1 rings (SSSR count). The van der Waals surface area contributed by atoms with Crippen molar-refractivity contribution in [1.29, 1.82) is 0 Å². The summed E-state index contributed by atoms with van der Waals surface area (Å²) in [6.45, 7) is 0. The van der Waals surface area contributed by atoms with Crippen molar-refractivity contribution in [3.05, 3.63) is 21.6 Å². The highest BCUT2D eigenvalue weighted by atomic mass is 79.9. The van der Waals surface area contributed by atoms with Crippen molar-refractivity contribution in [2.24, 2.45) is 0 Å². The Kier molecular flexibility index (Phi) is 2.89. The highest BCUT2D eigenvalue weighted by molar-refractivity contribution is 9.10. The molecule has 0 N–H and O–H groups in total. The maximum atomic E-state index is 5.64. The molecule has 0 bridgehead atoms. The van der Waals surface area contributed by atoms with Crippen LogP contribution in [-0.4, -0.2) is 9.97 Å². The van der Waals surface area contributed by atoms with Crippen molar-refractivity contribution in [1.82, 2.24) is 9.97 Å².